The highest BCUT2D eigenvalue weighted by Crippen LogP contribution is 2.20. The van der Waals surface area contributed by atoms with Crippen LogP contribution in [0.2, 0.25) is 0 Å². The lowest BCUT2D eigenvalue weighted by Crippen LogP contribution is -2.17. The Labute approximate surface area is 114 Å². The van der Waals surface area contributed by atoms with E-state index in [1.165, 1.54) is 0 Å². The van der Waals surface area contributed by atoms with Crippen LogP contribution in [0.25, 0.3) is 0 Å². The summed E-state index contributed by atoms with van der Waals surface area (Å²) in [5, 5.41) is 0. The SMILES string of the molecule is CCOC(=O)C[C@H](N)c1cccc(OCC)c1.Cl. The van der Waals surface area contributed by atoms with Gasteiger partial charge in [0.25, 0.3) is 0 Å². The highest BCUT2D eigenvalue weighted by Gasteiger charge is 2.12. The van der Waals surface area contributed by atoms with Gasteiger partial charge in [-0.05, 0) is 31.5 Å². The van der Waals surface area contributed by atoms with Gasteiger partial charge in [0.15, 0.2) is 0 Å². The van der Waals surface area contributed by atoms with E-state index in [4.69, 9.17) is 15.2 Å². The molecular weight excluding hydrogens is 254 g/mol. The summed E-state index contributed by atoms with van der Waals surface area (Å²) in [6.07, 6.45) is 0.184. The minimum absolute atomic E-state index is 0. The molecule has 0 saturated heterocycles. The quantitative estimate of drug-likeness (QED) is 0.809. The number of ether oxygens (including phenoxy) is 2. The summed E-state index contributed by atoms with van der Waals surface area (Å²) < 4.78 is 10.2. The second-order valence-corrected chi connectivity index (χ2v) is 3.62. The Morgan fingerprint density at radius 3 is 2.67 bits per heavy atom. The van der Waals surface area contributed by atoms with Crippen molar-refractivity contribution in [1.29, 1.82) is 0 Å². The van der Waals surface area contributed by atoms with Crippen LogP contribution in [-0.2, 0) is 9.53 Å². The smallest absolute Gasteiger partial charge is 0.307 e. The van der Waals surface area contributed by atoms with Crippen molar-refractivity contribution in [2.75, 3.05) is 13.2 Å². The fourth-order valence-electron chi connectivity index (χ4n) is 1.52. The Morgan fingerprint density at radius 1 is 1.33 bits per heavy atom. The van der Waals surface area contributed by atoms with Crippen molar-refractivity contribution in [3.8, 4) is 5.75 Å². The van der Waals surface area contributed by atoms with Crippen molar-refractivity contribution in [3.63, 3.8) is 0 Å². The number of carbonyl (C=O) groups excluding carboxylic acids is 1. The molecule has 0 heterocycles. The first-order chi connectivity index (χ1) is 8.17. The third-order valence-corrected chi connectivity index (χ3v) is 2.29. The van der Waals surface area contributed by atoms with Crippen molar-refractivity contribution in [3.05, 3.63) is 29.8 Å². The standard InChI is InChI=1S/C13H19NO3.ClH/c1-3-16-11-7-5-6-10(8-11)12(14)9-13(15)17-4-2;/h5-8,12H,3-4,9,14H2,1-2H3;1H/t12-;/m0./s1. The van der Waals surface area contributed by atoms with Gasteiger partial charge >= 0.3 is 5.97 Å². The Bertz CT molecular complexity index is 371. The first-order valence-electron chi connectivity index (χ1n) is 5.81. The molecule has 0 radical (unpaired) electrons. The van der Waals surface area contributed by atoms with Crippen LogP contribution < -0.4 is 10.5 Å². The van der Waals surface area contributed by atoms with Crippen molar-refractivity contribution in [2.45, 2.75) is 26.3 Å². The van der Waals surface area contributed by atoms with Crippen LogP contribution in [0.4, 0.5) is 0 Å². The fraction of sp³-hybridized carbons (Fsp3) is 0.462. The Hall–Kier alpha value is -1.26. The molecule has 0 fully saturated rings. The average molecular weight is 274 g/mol. The molecule has 0 aliphatic heterocycles. The number of carbonyl (C=O) groups is 1. The molecule has 0 bridgehead atoms. The van der Waals surface area contributed by atoms with Gasteiger partial charge in [-0.15, -0.1) is 12.4 Å². The molecule has 102 valence electrons. The van der Waals surface area contributed by atoms with Gasteiger partial charge in [-0.3, -0.25) is 4.79 Å². The Kier molecular flexibility index (Phi) is 8.16. The summed E-state index contributed by atoms with van der Waals surface area (Å²) in [4.78, 5) is 11.3. The van der Waals surface area contributed by atoms with Crippen LogP contribution in [0.3, 0.4) is 0 Å². The van der Waals surface area contributed by atoms with E-state index in [0.717, 1.165) is 11.3 Å². The van der Waals surface area contributed by atoms with E-state index >= 15 is 0 Å². The van der Waals surface area contributed by atoms with Gasteiger partial charge in [0.05, 0.1) is 19.6 Å². The van der Waals surface area contributed by atoms with Crippen molar-refractivity contribution < 1.29 is 14.3 Å². The molecule has 0 aliphatic carbocycles. The lowest BCUT2D eigenvalue weighted by Gasteiger charge is -2.12. The van der Waals surface area contributed by atoms with Gasteiger partial charge in [-0.1, -0.05) is 12.1 Å². The number of hydrogen-bond acceptors (Lipinski definition) is 4. The zero-order valence-electron chi connectivity index (χ0n) is 10.7. The van der Waals surface area contributed by atoms with E-state index < -0.39 is 0 Å². The van der Waals surface area contributed by atoms with Crippen molar-refractivity contribution in [2.24, 2.45) is 5.73 Å². The molecule has 2 N–H and O–H groups in total. The van der Waals surface area contributed by atoms with Crippen LogP contribution in [0.5, 0.6) is 5.75 Å². The van der Waals surface area contributed by atoms with Crippen LogP contribution >= 0.6 is 12.4 Å². The van der Waals surface area contributed by atoms with Crippen molar-refractivity contribution in [1.82, 2.24) is 0 Å². The van der Waals surface area contributed by atoms with Gasteiger partial charge in [-0.2, -0.15) is 0 Å². The van der Waals surface area contributed by atoms with Gasteiger partial charge in [0.1, 0.15) is 5.75 Å². The summed E-state index contributed by atoms with van der Waals surface area (Å²) in [5.41, 5.74) is 6.81. The second kappa shape index (κ2) is 8.78. The normalized spacial score (nSPS) is 11.3. The average Bonchev–Trinajstić information content (AvgIpc) is 2.30. The number of rotatable bonds is 6. The lowest BCUT2D eigenvalue weighted by atomic mass is 10.0. The fourth-order valence-corrected chi connectivity index (χ4v) is 1.52. The summed E-state index contributed by atoms with van der Waals surface area (Å²) in [6.45, 7) is 4.69. The predicted molar refractivity (Wildman–Crippen MR) is 73.0 cm³/mol. The molecule has 1 rings (SSSR count). The molecule has 4 nitrogen and oxygen atoms in total. The predicted octanol–water partition coefficient (Wildman–Crippen LogP) is 2.46. The Morgan fingerprint density at radius 2 is 2.06 bits per heavy atom. The molecule has 0 amide bonds. The maximum atomic E-state index is 11.3. The van der Waals surface area contributed by atoms with Gasteiger partial charge < -0.3 is 15.2 Å². The van der Waals surface area contributed by atoms with Crippen LogP contribution in [0.1, 0.15) is 31.9 Å². The van der Waals surface area contributed by atoms with E-state index in [1.54, 1.807) is 6.92 Å². The zero-order chi connectivity index (χ0) is 12.7. The maximum Gasteiger partial charge on any atom is 0.307 e. The third-order valence-electron chi connectivity index (χ3n) is 2.29. The van der Waals surface area contributed by atoms with Crippen LogP contribution in [0, 0.1) is 0 Å². The van der Waals surface area contributed by atoms with E-state index in [0.29, 0.717) is 13.2 Å². The topological polar surface area (TPSA) is 61.5 Å². The van der Waals surface area contributed by atoms with Gasteiger partial charge in [0, 0.05) is 6.04 Å². The number of benzene rings is 1. The molecule has 1 aromatic carbocycles. The summed E-state index contributed by atoms with van der Waals surface area (Å²) in [5.74, 6) is 0.492. The lowest BCUT2D eigenvalue weighted by molar-refractivity contribution is -0.143. The minimum atomic E-state index is -0.352. The summed E-state index contributed by atoms with van der Waals surface area (Å²) >= 11 is 0. The number of hydrogen-bond donors (Lipinski definition) is 1. The van der Waals surface area contributed by atoms with E-state index in [-0.39, 0.29) is 30.8 Å². The molecule has 18 heavy (non-hydrogen) atoms. The first-order valence-corrected chi connectivity index (χ1v) is 5.81. The van der Waals surface area contributed by atoms with Gasteiger partial charge in [-0.25, -0.2) is 0 Å². The van der Waals surface area contributed by atoms with E-state index in [2.05, 4.69) is 0 Å². The van der Waals surface area contributed by atoms with Crippen molar-refractivity contribution >= 4 is 18.4 Å². The second-order valence-electron chi connectivity index (χ2n) is 3.62. The summed E-state index contributed by atoms with van der Waals surface area (Å²) in [7, 11) is 0. The molecular formula is C13H20ClNO3. The molecule has 0 saturated carbocycles. The molecule has 0 spiro atoms. The number of nitrogens with two attached hydrogens (primary N) is 1. The molecule has 5 heteroatoms. The highest BCUT2D eigenvalue weighted by atomic mass is 35.5. The monoisotopic (exact) mass is 273 g/mol. The molecule has 1 atom stereocenters. The van der Waals surface area contributed by atoms with E-state index in [1.807, 2.05) is 31.2 Å². The van der Waals surface area contributed by atoms with Crippen LogP contribution in [-0.4, -0.2) is 19.2 Å². The molecule has 0 aromatic heterocycles. The maximum absolute atomic E-state index is 11.3. The first kappa shape index (κ1) is 16.7. The third kappa shape index (κ3) is 5.38. The number of halogens is 1. The molecule has 0 aliphatic rings. The number of esters is 1. The largest absolute Gasteiger partial charge is 0.494 e. The molecule has 0 unspecified atom stereocenters. The van der Waals surface area contributed by atoms with E-state index in [9.17, 15) is 4.79 Å². The van der Waals surface area contributed by atoms with Crippen LogP contribution in [0.15, 0.2) is 24.3 Å². The minimum Gasteiger partial charge on any atom is -0.494 e. The highest BCUT2D eigenvalue weighted by molar-refractivity contribution is 5.85. The summed E-state index contributed by atoms with van der Waals surface area (Å²) in [6, 6.07) is 7.12. The Balaban J connectivity index is 0.00000289. The van der Waals surface area contributed by atoms with Gasteiger partial charge in [0.2, 0.25) is 0 Å². The molecule has 1 aromatic rings. The zero-order valence-corrected chi connectivity index (χ0v) is 11.5.